The molecule has 4 aromatic carbocycles. The second-order valence-corrected chi connectivity index (χ2v) is 26.4. The fraction of sp³-hybridized carbons (Fsp3) is 0.364. The maximum absolute atomic E-state index is 13.5. The van der Waals surface area contributed by atoms with Crippen molar-refractivity contribution < 1.29 is 88.3 Å². The summed E-state index contributed by atoms with van der Waals surface area (Å²) in [6.07, 6.45) is 10.9. The van der Waals surface area contributed by atoms with Crippen LogP contribution in [-0.2, 0) is 76.4 Å². The minimum Gasteiger partial charge on any atom is -0.494 e. The molecule has 0 spiro atoms. The van der Waals surface area contributed by atoms with Gasteiger partial charge in [-0.25, -0.2) is 27.1 Å². The van der Waals surface area contributed by atoms with Crippen LogP contribution in [0.2, 0.25) is 0 Å². The Balaban J connectivity index is 0.699. The van der Waals surface area contributed by atoms with Crippen LogP contribution in [0.1, 0.15) is 52.7 Å². The zero-order valence-electron chi connectivity index (χ0n) is 56.0. The molecule has 2 fully saturated rings. The van der Waals surface area contributed by atoms with Crippen molar-refractivity contribution in [2.45, 2.75) is 62.7 Å². The van der Waals surface area contributed by atoms with Crippen LogP contribution in [0.25, 0.3) is 0 Å². The lowest BCUT2D eigenvalue weighted by atomic mass is 10.2. The highest BCUT2D eigenvalue weighted by Gasteiger charge is 2.25. The second-order valence-electron chi connectivity index (χ2n) is 23.0. The minimum atomic E-state index is -4.18. The van der Waals surface area contributed by atoms with Gasteiger partial charge in [-0.15, -0.1) is 0 Å². The smallest absolute Gasteiger partial charge is 0.370 e. The Hall–Kier alpha value is -10.2. The number of ether oxygens (including phenoxy) is 5. The molecule has 4 heterocycles. The number of hydrogen-bond acceptors (Lipinski definition) is 21. The lowest BCUT2D eigenvalue weighted by Gasteiger charge is -2.26. The number of sulfonamides is 2. The predicted octanol–water partition coefficient (Wildman–Crippen LogP) is 0.355. The molecule has 2 saturated heterocycles. The maximum Gasteiger partial charge on any atom is 0.370 e. The highest BCUT2D eigenvalue weighted by molar-refractivity contribution is 7.93. The number of carbonyl (C=O) groups is 6. The molecule has 0 saturated carbocycles. The Labute approximate surface area is 580 Å². The van der Waals surface area contributed by atoms with Gasteiger partial charge in [-0.3, -0.25) is 69.8 Å². The van der Waals surface area contributed by atoms with Gasteiger partial charge in [-0.05, 0) is 118 Å². The molecule has 12 N–H and O–H groups in total. The van der Waals surface area contributed by atoms with Crippen molar-refractivity contribution in [3.05, 3.63) is 151 Å². The Bertz CT molecular complexity index is 4060. The summed E-state index contributed by atoms with van der Waals surface area (Å²) in [6, 6.07) is 24.1. The molecule has 0 radical (unpaired) electrons. The van der Waals surface area contributed by atoms with E-state index in [1.165, 1.54) is 93.9 Å². The summed E-state index contributed by atoms with van der Waals surface area (Å²) in [5.41, 5.74) is 17.1. The number of pyridine rings is 2. The van der Waals surface area contributed by atoms with E-state index in [-0.39, 0.29) is 69.0 Å². The number of carbonyl (C=O) groups excluding carboxylic acids is 6. The molecule has 0 bridgehead atoms. The zero-order chi connectivity index (χ0) is 71.3. The molecule has 2 aromatic heterocycles. The summed E-state index contributed by atoms with van der Waals surface area (Å²) in [5.74, 6) is -3.96. The van der Waals surface area contributed by atoms with Crippen LogP contribution in [0, 0.1) is 20.4 Å². The number of rotatable bonds is 36. The van der Waals surface area contributed by atoms with Gasteiger partial charge in [0.15, 0.2) is 12.4 Å². The summed E-state index contributed by atoms with van der Waals surface area (Å²) in [7, 11) is -5.57. The number of aryl methyl sites for hydroxylation is 2. The fourth-order valence-electron chi connectivity index (χ4n) is 10.2. The van der Waals surface area contributed by atoms with Crippen molar-refractivity contribution in [3.8, 4) is 11.5 Å². The monoisotopic (exact) mass is 1420 g/mol. The molecule has 0 aliphatic carbocycles. The molecule has 32 nitrogen and oxygen atoms in total. The molecule has 6 aromatic rings. The van der Waals surface area contributed by atoms with E-state index in [0.29, 0.717) is 89.5 Å². The highest BCUT2D eigenvalue weighted by Crippen LogP contribution is 2.31. The highest BCUT2D eigenvalue weighted by atomic mass is 32.2. The van der Waals surface area contributed by atoms with Crippen LogP contribution < -0.4 is 81.5 Å². The first-order valence-electron chi connectivity index (χ1n) is 32.1. The molecule has 534 valence electrons. The summed E-state index contributed by atoms with van der Waals surface area (Å²) < 4.78 is 89.6. The van der Waals surface area contributed by atoms with Crippen LogP contribution in [0.4, 0.5) is 34.1 Å². The van der Waals surface area contributed by atoms with Gasteiger partial charge in [-0.1, -0.05) is 12.1 Å². The van der Waals surface area contributed by atoms with Crippen molar-refractivity contribution >= 4 is 96.0 Å². The normalized spacial score (nSPS) is 13.4. The molecule has 8 rings (SSSR count). The summed E-state index contributed by atoms with van der Waals surface area (Å²) >= 11 is 0. The average molecular weight is 1420 g/mol. The number of hydroxylamine groups is 1. The van der Waals surface area contributed by atoms with Crippen LogP contribution in [0.3, 0.4) is 0 Å². The van der Waals surface area contributed by atoms with E-state index in [2.05, 4.69) is 72.7 Å². The van der Waals surface area contributed by atoms with Crippen molar-refractivity contribution in [3.63, 3.8) is 0 Å². The molecular weight excluding hydrogens is 1340 g/mol. The molecule has 2 aliphatic heterocycles. The molecule has 0 unspecified atom stereocenters. The van der Waals surface area contributed by atoms with E-state index in [1.54, 1.807) is 58.2 Å². The zero-order valence-corrected chi connectivity index (χ0v) is 57.6. The number of nitrogens with zero attached hydrogens (tertiary/aromatic N) is 4. The van der Waals surface area contributed by atoms with Gasteiger partial charge < -0.3 is 45.0 Å². The van der Waals surface area contributed by atoms with E-state index in [4.69, 9.17) is 28.5 Å². The maximum atomic E-state index is 13.5. The number of hydrogen-bond donors (Lipinski definition) is 12. The third kappa shape index (κ3) is 24.7. The fourth-order valence-corrected chi connectivity index (χ4v) is 12.4. The molecular formula is C66H86N16O16S2+4. The minimum absolute atomic E-state index is 0.0187. The lowest BCUT2D eigenvalue weighted by Crippen LogP contribution is -2.62. The van der Waals surface area contributed by atoms with E-state index in [9.17, 15) is 45.6 Å². The van der Waals surface area contributed by atoms with Gasteiger partial charge in [0.05, 0.1) is 78.8 Å². The number of morpholine rings is 2. The van der Waals surface area contributed by atoms with Crippen LogP contribution in [0.15, 0.2) is 132 Å². The van der Waals surface area contributed by atoms with Crippen LogP contribution in [0.5, 0.6) is 11.5 Å². The Morgan fingerprint density at radius 3 is 1.73 bits per heavy atom. The van der Waals surface area contributed by atoms with Gasteiger partial charge in [0.25, 0.3) is 45.1 Å². The lowest BCUT2D eigenvalue weighted by molar-refractivity contribution is -0.727. The second kappa shape index (κ2) is 38.2. The summed E-state index contributed by atoms with van der Waals surface area (Å²) in [4.78, 5) is 89.0. The number of anilines is 5. The predicted molar refractivity (Wildman–Crippen MR) is 367 cm³/mol. The Morgan fingerprint density at radius 2 is 1.14 bits per heavy atom. The van der Waals surface area contributed by atoms with Gasteiger partial charge in [-0.2, -0.15) is 9.56 Å². The van der Waals surface area contributed by atoms with E-state index in [1.807, 2.05) is 19.9 Å². The first-order chi connectivity index (χ1) is 48.2. The standard InChI is InChI=1S/C66H82N16O16S2/c1-47-33-49(41-81(39-47)43-61(83)72-52-12-8-14-56(36-52)100(91,92)78-54-16-18-58(60(38-54)94-4)74-76-66(88)64(86)69-21-10-24-80-27-31-96-32-28-80)44-98-71-22-6-5-19-67-62(84)50-34-48(2)40-82(42-50)46-97-45-70-51-11-7-13-55(35-51)99(89,90)77-53-15-17-57(59(37-53)93-3)73-75-65(87)63(85)68-20-9-23-79-25-29-95-30-26-79/h7-8,11-18,33-43,45,71H,5-6,9-10,19-32,44,46H2,1-4H3,(H7-3,67,68,69,72,73,74,75,76,77,78,83,84,85,86,87,88)/p+4. The topological polar surface area (TPSA) is 387 Å². The van der Waals surface area contributed by atoms with Gasteiger partial charge in [0.2, 0.25) is 5.69 Å². The van der Waals surface area contributed by atoms with Crippen molar-refractivity contribution in [1.82, 2.24) is 42.1 Å². The molecule has 100 heavy (non-hydrogen) atoms. The molecule has 6 amide bonds. The molecule has 34 heteroatoms. The van der Waals surface area contributed by atoms with Gasteiger partial charge in [0, 0.05) is 87.9 Å². The molecule has 0 atom stereocenters. The Kier molecular flexibility index (Phi) is 28.9. The van der Waals surface area contributed by atoms with Crippen molar-refractivity contribution in [2.75, 3.05) is 132 Å². The number of methoxy groups -OCH3 is 2. The van der Waals surface area contributed by atoms with E-state index < -0.39 is 49.6 Å². The third-order valence-corrected chi connectivity index (χ3v) is 17.9. The summed E-state index contributed by atoms with van der Waals surface area (Å²) in [6.45, 7) is 14.2. The van der Waals surface area contributed by atoms with Crippen molar-refractivity contribution in [2.24, 2.45) is 0 Å². The number of unbranched alkanes of at least 4 members (excludes halogenated alkanes) is 1. The van der Waals surface area contributed by atoms with Crippen LogP contribution >= 0.6 is 0 Å². The Morgan fingerprint density at radius 1 is 0.590 bits per heavy atom. The van der Waals surface area contributed by atoms with Crippen LogP contribution in [-0.4, -0.2) is 175 Å². The first kappa shape index (κ1) is 75.6. The molecule has 2 aliphatic rings. The number of amides is 6. The summed E-state index contributed by atoms with van der Waals surface area (Å²) in [5, 5.41) is 10.8. The number of hydrazine groups is 2. The first-order valence-corrected chi connectivity index (χ1v) is 35.1. The van der Waals surface area contributed by atoms with Crippen molar-refractivity contribution in [1.29, 1.82) is 0 Å². The quantitative estimate of drug-likeness (QED) is 0.00480. The van der Waals surface area contributed by atoms with Gasteiger partial charge >= 0.3 is 42.5 Å². The SMILES string of the molecule is COc1cc(NS(=O)(=O)c2cccc(NC(=O)[CH+][n+]3cc(C)cc(CONCCCCNC(=O)c4cc(C)c[n+](COC=[NH+]c5cccc(S(=O)(=O)Nc6ccc(NNC(=O)C(=O)NCCCN7CCOCC7)c(OC)c6)c5)c4)c3)c2)ccc1NNC(=O)C(=O)NCCCN1CCOCC1. The number of aromatic nitrogens is 2. The average Bonchev–Trinajstić information content (AvgIpc) is 0.820. The van der Waals surface area contributed by atoms with E-state index in [0.717, 1.165) is 56.0 Å². The number of nitrogens with one attached hydrogen (secondary N) is 12. The third-order valence-electron chi connectivity index (χ3n) is 15.1. The van der Waals surface area contributed by atoms with Gasteiger partial charge in [0.1, 0.15) is 29.2 Å². The number of benzene rings is 4. The van der Waals surface area contributed by atoms with E-state index >= 15 is 0 Å². The largest absolute Gasteiger partial charge is 0.494 e.